The van der Waals surface area contributed by atoms with E-state index in [0.29, 0.717) is 0 Å². The van der Waals surface area contributed by atoms with E-state index in [-0.39, 0.29) is 41.6 Å². The van der Waals surface area contributed by atoms with Crippen LogP contribution in [0.3, 0.4) is 0 Å². The van der Waals surface area contributed by atoms with Crippen molar-refractivity contribution in [1.29, 1.82) is 0 Å². The molecule has 0 saturated carbocycles. The molecule has 2 rings (SSSR count). The molecular weight excluding hydrogens is 292 g/mol. The molecular formula is C14H14N2O4S. The number of nitrogens with one attached hydrogen (secondary N) is 1. The molecule has 0 atom stereocenters. The average molecular weight is 306 g/mol. The van der Waals surface area contributed by atoms with Crippen LogP contribution in [0, 0.1) is 0 Å². The van der Waals surface area contributed by atoms with E-state index in [4.69, 9.17) is 5.11 Å². The molecule has 0 unspecified atom stereocenters. The molecule has 1 aromatic rings. The number of thioether (sulfide) groups is 1. The maximum Gasteiger partial charge on any atom is 0.288 e. The second-order valence-corrected chi connectivity index (χ2v) is 5.24. The van der Waals surface area contributed by atoms with Crippen LogP contribution in [0.4, 0.5) is 4.79 Å². The minimum absolute atomic E-state index is 0.161. The number of phenols is 1. The van der Waals surface area contributed by atoms with E-state index in [0.717, 1.165) is 22.2 Å². The SMILES string of the molecule is O=C(/C=C/c1ccc(O)cc1)NCCN1C(=O)CSC1=O. The van der Waals surface area contributed by atoms with E-state index in [1.165, 1.54) is 18.2 Å². The lowest BCUT2D eigenvalue weighted by atomic mass is 10.2. The van der Waals surface area contributed by atoms with E-state index < -0.39 is 0 Å². The van der Waals surface area contributed by atoms with Gasteiger partial charge in [-0.1, -0.05) is 23.9 Å². The standard InChI is InChI=1S/C14H14N2O4S/c17-11-4-1-10(2-5-11)3-6-12(18)15-7-8-16-13(19)9-21-14(16)20/h1-6,17H,7-9H2,(H,15,18)/b6-3+. The first-order valence-electron chi connectivity index (χ1n) is 6.28. The number of hydrogen-bond donors (Lipinski definition) is 2. The average Bonchev–Trinajstić information content (AvgIpc) is 2.78. The predicted molar refractivity (Wildman–Crippen MR) is 79.7 cm³/mol. The molecule has 2 N–H and O–H groups in total. The molecule has 21 heavy (non-hydrogen) atoms. The van der Waals surface area contributed by atoms with Crippen LogP contribution in [-0.4, -0.2) is 45.9 Å². The summed E-state index contributed by atoms with van der Waals surface area (Å²) in [6.45, 7) is 0.403. The molecule has 1 aliphatic rings. The van der Waals surface area contributed by atoms with Crippen LogP contribution in [0.1, 0.15) is 5.56 Å². The van der Waals surface area contributed by atoms with Crippen molar-refractivity contribution >= 4 is 34.9 Å². The van der Waals surface area contributed by atoms with Gasteiger partial charge in [0.25, 0.3) is 5.24 Å². The molecule has 1 aromatic carbocycles. The van der Waals surface area contributed by atoms with Crippen molar-refractivity contribution in [3.8, 4) is 5.75 Å². The summed E-state index contributed by atoms with van der Waals surface area (Å²) in [6, 6.07) is 6.41. The van der Waals surface area contributed by atoms with Crippen LogP contribution in [-0.2, 0) is 9.59 Å². The second-order valence-electron chi connectivity index (χ2n) is 4.32. The first-order chi connectivity index (χ1) is 10.1. The third-order valence-electron chi connectivity index (χ3n) is 2.80. The van der Waals surface area contributed by atoms with Gasteiger partial charge in [-0.15, -0.1) is 0 Å². The molecule has 3 amide bonds. The lowest BCUT2D eigenvalue weighted by molar-refractivity contribution is -0.125. The molecule has 0 radical (unpaired) electrons. The quantitative estimate of drug-likeness (QED) is 0.799. The Hall–Kier alpha value is -2.28. The largest absolute Gasteiger partial charge is 0.508 e. The Balaban J connectivity index is 1.76. The maximum absolute atomic E-state index is 11.6. The van der Waals surface area contributed by atoms with E-state index >= 15 is 0 Å². The summed E-state index contributed by atoms with van der Waals surface area (Å²) in [7, 11) is 0. The van der Waals surface area contributed by atoms with Crippen molar-refractivity contribution in [3.05, 3.63) is 35.9 Å². The Bertz CT molecular complexity index is 567. The smallest absolute Gasteiger partial charge is 0.288 e. The predicted octanol–water partition coefficient (Wildman–Crippen LogP) is 1.22. The topological polar surface area (TPSA) is 86.7 Å². The number of imide groups is 1. The fraction of sp³-hybridized carbons (Fsp3) is 0.214. The van der Waals surface area contributed by atoms with Gasteiger partial charge in [0.2, 0.25) is 11.8 Å². The number of hydrogen-bond acceptors (Lipinski definition) is 5. The van der Waals surface area contributed by atoms with Gasteiger partial charge in [-0.3, -0.25) is 19.3 Å². The lowest BCUT2D eigenvalue weighted by Gasteiger charge is -2.12. The normalized spacial score (nSPS) is 15.0. The second kappa shape index (κ2) is 6.94. The van der Waals surface area contributed by atoms with Gasteiger partial charge in [-0.05, 0) is 23.8 Å². The molecule has 1 aliphatic heterocycles. The third-order valence-corrected chi connectivity index (χ3v) is 3.65. The zero-order valence-corrected chi connectivity index (χ0v) is 11.9. The molecule has 6 nitrogen and oxygen atoms in total. The Morgan fingerprint density at radius 3 is 2.67 bits per heavy atom. The summed E-state index contributed by atoms with van der Waals surface area (Å²) in [6.07, 6.45) is 2.96. The van der Waals surface area contributed by atoms with Gasteiger partial charge in [0.15, 0.2) is 0 Å². The summed E-state index contributed by atoms with van der Waals surface area (Å²) in [5, 5.41) is 11.5. The highest BCUT2D eigenvalue weighted by atomic mass is 32.2. The van der Waals surface area contributed by atoms with Crippen molar-refractivity contribution in [2.24, 2.45) is 0 Å². The van der Waals surface area contributed by atoms with Gasteiger partial charge in [0.05, 0.1) is 5.75 Å². The molecule has 0 bridgehead atoms. The van der Waals surface area contributed by atoms with Gasteiger partial charge in [-0.25, -0.2) is 0 Å². The lowest BCUT2D eigenvalue weighted by Crippen LogP contribution is -2.37. The Morgan fingerprint density at radius 1 is 1.33 bits per heavy atom. The summed E-state index contributed by atoms with van der Waals surface area (Å²) in [5.41, 5.74) is 0.782. The molecule has 0 aliphatic carbocycles. The zero-order chi connectivity index (χ0) is 15.2. The highest BCUT2D eigenvalue weighted by Gasteiger charge is 2.29. The van der Waals surface area contributed by atoms with Crippen molar-refractivity contribution in [2.45, 2.75) is 0 Å². The highest BCUT2D eigenvalue weighted by Crippen LogP contribution is 2.17. The monoisotopic (exact) mass is 306 g/mol. The number of phenolic OH excluding ortho intramolecular Hbond substituents is 1. The van der Waals surface area contributed by atoms with Gasteiger partial charge >= 0.3 is 0 Å². The third kappa shape index (κ3) is 4.35. The highest BCUT2D eigenvalue weighted by molar-refractivity contribution is 8.14. The van der Waals surface area contributed by atoms with Crippen LogP contribution in [0.5, 0.6) is 5.75 Å². The van der Waals surface area contributed by atoms with Crippen molar-refractivity contribution in [1.82, 2.24) is 10.2 Å². The minimum atomic E-state index is -0.310. The summed E-state index contributed by atoms with van der Waals surface area (Å²) in [5.74, 6) is -0.198. The van der Waals surface area contributed by atoms with E-state index in [9.17, 15) is 14.4 Å². The van der Waals surface area contributed by atoms with Crippen LogP contribution >= 0.6 is 11.8 Å². The zero-order valence-electron chi connectivity index (χ0n) is 11.1. The molecule has 1 saturated heterocycles. The molecule has 0 aromatic heterocycles. The molecule has 1 fully saturated rings. The maximum atomic E-state index is 11.6. The minimum Gasteiger partial charge on any atom is -0.508 e. The van der Waals surface area contributed by atoms with Crippen molar-refractivity contribution in [2.75, 3.05) is 18.8 Å². The van der Waals surface area contributed by atoms with Gasteiger partial charge in [0, 0.05) is 19.2 Å². The molecule has 110 valence electrons. The van der Waals surface area contributed by atoms with Gasteiger partial charge < -0.3 is 10.4 Å². The molecule has 0 spiro atoms. The Labute approximate surface area is 125 Å². The van der Waals surface area contributed by atoms with Crippen LogP contribution in [0.2, 0.25) is 0 Å². The van der Waals surface area contributed by atoms with Gasteiger partial charge in [0.1, 0.15) is 5.75 Å². The van der Waals surface area contributed by atoms with Crippen LogP contribution < -0.4 is 5.32 Å². The number of carbonyl (C=O) groups excluding carboxylic acids is 3. The fourth-order valence-electron chi connectivity index (χ4n) is 1.70. The summed E-state index contributed by atoms with van der Waals surface area (Å²) >= 11 is 0.971. The Kier molecular flexibility index (Phi) is 4.99. The number of aromatic hydroxyl groups is 1. The number of nitrogens with zero attached hydrogens (tertiary/aromatic N) is 1. The van der Waals surface area contributed by atoms with E-state index in [1.807, 2.05) is 0 Å². The number of amides is 3. The van der Waals surface area contributed by atoms with E-state index in [1.54, 1.807) is 18.2 Å². The first kappa shape index (κ1) is 15.1. The number of benzene rings is 1. The van der Waals surface area contributed by atoms with E-state index in [2.05, 4.69) is 5.32 Å². The number of carbonyl (C=O) groups is 3. The van der Waals surface area contributed by atoms with Crippen LogP contribution in [0.15, 0.2) is 30.3 Å². The van der Waals surface area contributed by atoms with Crippen molar-refractivity contribution < 1.29 is 19.5 Å². The summed E-state index contributed by atoms with van der Waals surface area (Å²) < 4.78 is 0. The van der Waals surface area contributed by atoms with Crippen LogP contribution in [0.25, 0.3) is 6.08 Å². The molecule has 1 heterocycles. The van der Waals surface area contributed by atoms with Gasteiger partial charge in [-0.2, -0.15) is 0 Å². The fourth-order valence-corrected chi connectivity index (χ4v) is 2.46. The number of rotatable bonds is 5. The van der Waals surface area contributed by atoms with Crippen molar-refractivity contribution in [3.63, 3.8) is 0 Å². The molecule has 7 heteroatoms. The Morgan fingerprint density at radius 2 is 2.05 bits per heavy atom. The summed E-state index contributed by atoms with van der Waals surface area (Å²) in [4.78, 5) is 35.4. The first-order valence-corrected chi connectivity index (χ1v) is 7.27.